The lowest BCUT2D eigenvalue weighted by Gasteiger charge is -2.25. The summed E-state index contributed by atoms with van der Waals surface area (Å²) in [5.74, 6) is 0. The summed E-state index contributed by atoms with van der Waals surface area (Å²) in [4.78, 5) is 22.0. The second-order valence-corrected chi connectivity index (χ2v) is 6.50. The third kappa shape index (κ3) is 3.36. The Hall–Kier alpha value is -2.82. The number of rotatable bonds is 4. The van der Waals surface area contributed by atoms with Crippen molar-refractivity contribution in [2.45, 2.75) is 25.3 Å². The normalized spacial score (nSPS) is 17.1. The van der Waals surface area contributed by atoms with Crippen molar-refractivity contribution in [1.29, 1.82) is 0 Å². The number of hydrogen-bond acceptors (Lipinski definition) is 2. The van der Waals surface area contributed by atoms with Gasteiger partial charge in [0.05, 0.1) is 6.04 Å². The lowest BCUT2D eigenvalue weighted by atomic mass is 10.1. The van der Waals surface area contributed by atoms with Gasteiger partial charge in [0.15, 0.2) is 0 Å². The van der Waals surface area contributed by atoms with Gasteiger partial charge >= 0.3 is 6.03 Å². The largest absolute Gasteiger partial charge is 0.358 e. The molecule has 2 amide bonds. The Labute approximate surface area is 147 Å². The average Bonchev–Trinajstić information content (AvgIpc) is 3.29. The molecule has 0 aliphatic carbocycles. The SMILES string of the molecule is O=C(NCCc1cc2ccccc2[nH]1)N1CCC[C@H]1c1ccncc1. The van der Waals surface area contributed by atoms with E-state index in [0.29, 0.717) is 6.54 Å². The molecule has 1 aliphatic heterocycles. The van der Waals surface area contributed by atoms with Crippen LogP contribution in [0.1, 0.15) is 30.1 Å². The van der Waals surface area contributed by atoms with Crippen molar-refractivity contribution in [3.8, 4) is 0 Å². The molecule has 1 saturated heterocycles. The summed E-state index contributed by atoms with van der Waals surface area (Å²) in [6.45, 7) is 1.44. The van der Waals surface area contributed by atoms with Crippen molar-refractivity contribution in [2.75, 3.05) is 13.1 Å². The number of fused-ring (bicyclic) bond motifs is 1. The summed E-state index contributed by atoms with van der Waals surface area (Å²) < 4.78 is 0. The van der Waals surface area contributed by atoms with Crippen molar-refractivity contribution in [2.24, 2.45) is 0 Å². The maximum absolute atomic E-state index is 12.6. The Morgan fingerprint density at radius 3 is 2.92 bits per heavy atom. The number of urea groups is 1. The van der Waals surface area contributed by atoms with E-state index < -0.39 is 0 Å². The molecular weight excluding hydrogens is 312 g/mol. The van der Waals surface area contributed by atoms with E-state index in [1.54, 1.807) is 12.4 Å². The summed E-state index contributed by atoms with van der Waals surface area (Å²) in [6.07, 6.45) is 6.44. The van der Waals surface area contributed by atoms with E-state index >= 15 is 0 Å². The predicted molar refractivity (Wildman–Crippen MR) is 98.3 cm³/mol. The van der Waals surface area contributed by atoms with Gasteiger partial charge in [-0.15, -0.1) is 0 Å². The van der Waals surface area contributed by atoms with Gasteiger partial charge < -0.3 is 15.2 Å². The molecule has 0 radical (unpaired) electrons. The third-order valence-electron chi connectivity index (χ3n) is 4.86. The Morgan fingerprint density at radius 1 is 1.24 bits per heavy atom. The van der Waals surface area contributed by atoms with Gasteiger partial charge in [-0.3, -0.25) is 4.98 Å². The third-order valence-corrected chi connectivity index (χ3v) is 4.86. The highest BCUT2D eigenvalue weighted by molar-refractivity contribution is 5.80. The van der Waals surface area contributed by atoms with Crippen molar-refractivity contribution in [1.82, 2.24) is 20.2 Å². The molecule has 0 spiro atoms. The first-order valence-electron chi connectivity index (χ1n) is 8.82. The number of likely N-dealkylation sites (tertiary alicyclic amines) is 1. The molecule has 1 aromatic carbocycles. The number of hydrogen-bond donors (Lipinski definition) is 2. The van der Waals surface area contributed by atoms with Crippen LogP contribution < -0.4 is 5.32 Å². The monoisotopic (exact) mass is 334 g/mol. The molecule has 1 atom stereocenters. The van der Waals surface area contributed by atoms with Gasteiger partial charge in [-0.2, -0.15) is 0 Å². The lowest BCUT2D eigenvalue weighted by molar-refractivity contribution is 0.193. The topological polar surface area (TPSA) is 61.0 Å². The zero-order valence-corrected chi connectivity index (χ0v) is 14.1. The lowest BCUT2D eigenvalue weighted by Crippen LogP contribution is -2.40. The van der Waals surface area contributed by atoms with Crippen LogP contribution in [0.15, 0.2) is 54.9 Å². The molecule has 3 heterocycles. The number of aromatic amines is 1. The molecule has 1 aliphatic rings. The van der Waals surface area contributed by atoms with E-state index in [2.05, 4.69) is 33.5 Å². The van der Waals surface area contributed by atoms with Crippen LogP contribution in [-0.2, 0) is 6.42 Å². The number of benzene rings is 1. The number of carbonyl (C=O) groups is 1. The number of nitrogens with one attached hydrogen (secondary N) is 2. The van der Waals surface area contributed by atoms with E-state index in [9.17, 15) is 4.79 Å². The Bertz CT molecular complexity index is 825. The van der Waals surface area contributed by atoms with Gasteiger partial charge in [-0.1, -0.05) is 18.2 Å². The highest BCUT2D eigenvalue weighted by atomic mass is 16.2. The first kappa shape index (κ1) is 15.7. The molecule has 5 heteroatoms. The Kier molecular flexibility index (Phi) is 4.37. The maximum Gasteiger partial charge on any atom is 0.317 e. The van der Waals surface area contributed by atoms with Gasteiger partial charge in [0.1, 0.15) is 0 Å². The molecular formula is C20H22N4O. The van der Waals surface area contributed by atoms with Gasteiger partial charge in [-0.25, -0.2) is 4.79 Å². The highest BCUT2D eigenvalue weighted by Crippen LogP contribution is 2.31. The van der Waals surface area contributed by atoms with Crippen LogP contribution >= 0.6 is 0 Å². The number of carbonyl (C=O) groups excluding carboxylic acids is 1. The smallest absolute Gasteiger partial charge is 0.317 e. The summed E-state index contributed by atoms with van der Waals surface area (Å²) in [5.41, 5.74) is 3.45. The fourth-order valence-corrected chi connectivity index (χ4v) is 3.62. The summed E-state index contributed by atoms with van der Waals surface area (Å²) in [6, 6.07) is 14.6. The molecule has 4 rings (SSSR count). The fourth-order valence-electron chi connectivity index (χ4n) is 3.62. The van der Waals surface area contributed by atoms with E-state index in [0.717, 1.165) is 37.0 Å². The van der Waals surface area contributed by atoms with Crippen LogP contribution in [0.3, 0.4) is 0 Å². The molecule has 1 fully saturated rings. The first-order valence-corrected chi connectivity index (χ1v) is 8.82. The predicted octanol–water partition coefficient (Wildman–Crippen LogP) is 3.65. The number of nitrogens with zero attached hydrogens (tertiary/aromatic N) is 2. The van der Waals surface area contributed by atoms with E-state index in [4.69, 9.17) is 0 Å². The molecule has 2 N–H and O–H groups in total. The number of pyridine rings is 1. The van der Waals surface area contributed by atoms with Gasteiger partial charge in [0.25, 0.3) is 0 Å². The van der Waals surface area contributed by atoms with Crippen molar-refractivity contribution < 1.29 is 4.79 Å². The highest BCUT2D eigenvalue weighted by Gasteiger charge is 2.29. The van der Waals surface area contributed by atoms with Crippen LogP contribution in [0, 0.1) is 0 Å². The first-order chi connectivity index (χ1) is 12.3. The van der Waals surface area contributed by atoms with Crippen LogP contribution in [0.25, 0.3) is 10.9 Å². The standard InChI is InChI=1S/C20H22N4O/c25-20(24-13-3-6-19(24)15-7-10-21-11-8-15)22-12-9-17-14-16-4-1-2-5-18(16)23-17/h1-2,4-5,7-8,10-11,14,19,23H,3,6,9,12-13H2,(H,22,25)/t19-/m0/s1. The zero-order valence-electron chi connectivity index (χ0n) is 14.1. The molecule has 0 bridgehead atoms. The minimum atomic E-state index is 0.0235. The summed E-state index contributed by atoms with van der Waals surface area (Å²) >= 11 is 0. The van der Waals surface area contributed by atoms with E-state index in [1.807, 2.05) is 29.2 Å². The zero-order chi connectivity index (χ0) is 17.1. The maximum atomic E-state index is 12.6. The Balaban J connectivity index is 1.35. The second kappa shape index (κ2) is 6.97. The van der Waals surface area contributed by atoms with Crippen molar-refractivity contribution in [3.05, 3.63) is 66.1 Å². The second-order valence-electron chi connectivity index (χ2n) is 6.50. The number of aromatic nitrogens is 2. The minimum absolute atomic E-state index is 0.0235. The van der Waals surface area contributed by atoms with Gasteiger partial charge in [0, 0.05) is 43.1 Å². The van der Waals surface area contributed by atoms with Crippen LogP contribution in [-0.4, -0.2) is 34.0 Å². The van der Waals surface area contributed by atoms with Crippen LogP contribution in [0.4, 0.5) is 4.79 Å². The molecule has 3 aromatic rings. The summed E-state index contributed by atoms with van der Waals surface area (Å²) in [7, 11) is 0. The molecule has 5 nitrogen and oxygen atoms in total. The fraction of sp³-hybridized carbons (Fsp3) is 0.300. The van der Waals surface area contributed by atoms with Crippen molar-refractivity contribution in [3.63, 3.8) is 0 Å². The van der Waals surface area contributed by atoms with Crippen molar-refractivity contribution >= 4 is 16.9 Å². The number of amides is 2. The van der Waals surface area contributed by atoms with E-state index in [1.165, 1.54) is 10.9 Å². The van der Waals surface area contributed by atoms with E-state index in [-0.39, 0.29) is 12.1 Å². The summed E-state index contributed by atoms with van der Waals surface area (Å²) in [5, 5.41) is 4.28. The van der Waals surface area contributed by atoms with Crippen LogP contribution in [0.2, 0.25) is 0 Å². The molecule has 2 aromatic heterocycles. The minimum Gasteiger partial charge on any atom is -0.358 e. The quantitative estimate of drug-likeness (QED) is 0.765. The Morgan fingerprint density at radius 2 is 2.08 bits per heavy atom. The average molecular weight is 334 g/mol. The van der Waals surface area contributed by atoms with Gasteiger partial charge in [-0.05, 0) is 48.1 Å². The molecule has 0 saturated carbocycles. The molecule has 25 heavy (non-hydrogen) atoms. The number of para-hydroxylation sites is 1. The number of H-pyrrole nitrogens is 1. The molecule has 128 valence electrons. The van der Waals surface area contributed by atoms with Gasteiger partial charge in [0.2, 0.25) is 0 Å². The molecule has 0 unspecified atom stereocenters. The van der Waals surface area contributed by atoms with Crippen LogP contribution in [0.5, 0.6) is 0 Å².